The summed E-state index contributed by atoms with van der Waals surface area (Å²) in [7, 11) is 0. The molecule has 3 N–H and O–H groups in total. The number of nitrogens with zero attached hydrogens (tertiary/aromatic N) is 1. The van der Waals surface area contributed by atoms with Gasteiger partial charge in [0.1, 0.15) is 0 Å². The van der Waals surface area contributed by atoms with E-state index in [4.69, 9.17) is 5.73 Å². The number of thiazole rings is 1. The van der Waals surface area contributed by atoms with Gasteiger partial charge in [-0.3, -0.25) is 0 Å². The minimum absolute atomic E-state index is 0.682. The van der Waals surface area contributed by atoms with Crippen molar-refractivity contribution in [2.75, 3.05) is 18.0 Å². The second-order valence-electron chi connectivity index (χ2n) is 3.84. The van der Waals surface area contributed by atoms with E-state index in [0.29, 0.717) is 11.2 Å². The topological polar surface area (TPSA) is 50.9 Å². The van der Waals surface area contributed by atoms with E-state index < -0.39 is 0 Å². The minimum atomic E-state index is 0.682. The second kappa shape index (κ2) is 5.72. The van der Waals surface area contributed by atoms with Crippen molar-refractivity contribution in [3.05, 3.63) is 11.1 Å². The molecule has 0 spiro atoms. The molecule has 0 bridgehead atoms. The monoisotopic (exact) mass is 243 g/mol. The summed E-state index contributed by atoms with van der Waals surface area (Å²) in [5, 5.41) is 6.28. The van der Waals surface area contributed by atoms with Crippen LogP contribution in [-0.2, 0) is 5.75 Å². The largest absolute Gasteiger partial charge is 0.375 e. The molecule has 1 unspecified atom stereocenters. The Morgan fingerprint density at radius 2 is 2.53 bits per heavy atom. The van der Waals surface area contributed by atoms with Gasteiger partial charge in [0.25, 0.3) is 0 Å². The molecule has 2 rings (SSSR count). The van der Waals surface area contributed by atoms with Crippen molar-refractivity contribution in [3.8, 4) is 0 Å². The summed E-state index contributed by atoms with van der Waals surface area (Å²) < 4.78 is 0. The Kier molecular flexibility index (Phi) is 4.29. The van der Waals surface area contributed by atoms with Crippen LogP contribution in [0.5, 0.6) is 0 Å². The number of nitrogens with two attached hydrogens (primary N) is 1. The highest BCUT2D eigenvalue weighted by Crippen LogP contribution is 2.19. The van der Waals surface area contributed by atoms with Gasteiger partial charge in [0.05, 0.1) is 5.69 Å². The molecule has 0 amide bonds. The molecule has 1 aromatic heterocycles. The number of nitrogens with one attached hydrogen (secondary N) is 1. The lowest BCUT2D eigenvalue weighted by Crippen LogP contribution is -2.35. The summed E-state index contributed by atoms with van der Waals surface area (Å²) >= 11 is 3.48. The SMILES string of the molecule is Nc1nc(CSCC2CCCCN2)cs1. The van der Waals surface area contributed by atoms with E-state index in [2.05, 4.69) is 15.7 Å². The lowest BCUT2D eigenvalue weighted by atomic mass is 10.1. The number of hydrogen-bond acceptors (Lipinski definition) is 5. The summed E-state index contributed by atoms with van der Waals surface area (Å²) in [6.07, 6.45) is 4.04. The van der Waals surface area contributed by atoms with Crippen LogP contribution < -0.4 is 11.1 Å². The predicted octanol–water partition coefficient (Wildman–Crippen LogP) is 2.10. The van der Waals surface area contributed by atoms with Crippen molar-refractivity contribution in [2.45, 2.75) is 31.1 Å². The fraction of sp³-hybridized carbons (Fsp3) is 0.700. The maximum absolute atomic E-state index is 5.58. The van der Waals surface area contributed by atoms with Crippen LogP contribution in [0.15, 0.2) is 5.38 Å². The molecule has 15 heavy (non-hydrogen) atoms. The summed E-state index contributed by atoms with van der Waals surface area (Å²) in [6, 6.07) is 0.708. The first-order valence-corrected chi connectivity index (χ1v) is 7.39. The van der Waals surface area contributed by atoms with Gasteiger partial charge >= 0.3 is 0 Å². The summed E-state index contributed by atoms with van der Waals surface area (Å²) in [4.78, 5) is 4.25. The molecule has 1 fully saturated rings. The van der Waals surface area contributed by atoms with E-state index in [0.717, 1.165) is 11.4 Å². The number of thioether (sulfide) groups is 1. The minimum Gasteiger partial charge on any atom is -0.375 e. The van der Waals surface area contributed by atoms with Gasteiger partial charge in [-0.25, -0.2) is 4.98 Å². The highest BCUT2D eigenvalue weighted by Gasteiger charge is 2.12. The van der Waals surface area contributed by atoms with E-state index in [9.17, 15) is 0 Å². The van der Waals surface area contributed by atoms with E-state index in [1.807, 2.05) is 11.8 Å². The van der Waals surface area contributed by atoms with Crippen LogP contribution in [0.2, 0.25) is 0 Å². The van der Waals surface area contributed by atoms with E-state index in [1.54, 1.807) is 0 Å². The number of aromatic nitrogens is 1. The predicted molar refractivity (Wildman–Crippen MR) is 68.3 cm³/mol. The first-order chi connectivity index (χ1) is 7.34. The lowest BCUT2D eigenvalue weighted by molar-refractivity contribution is 0.430. The van der Waals surface area contributed by atoms with Gasteiger partial charge in [-0.2, -0.15) is 11.8 Å². The molecule has 5 heteroatoms. The Morgan fingerprint density at radius 3 is 3.20 bits per heavy atom. The molecular formula is C10H17N3S2. The van der Waals surface area contributed by atoms with Crippen LogP contribution in [0.3, 0.4) is 0 Å². The highest BCUT2D eigenvalue weighted by atomic mass is 32.2. The van der Waals surface area contributed by atoms with Crippen LogP contribution in [-0.4, -0.2) is 23.3 Å². The van der Waals surface area contributed by atoms with Crippen molar-refractivity contribution in [1.29, 1.82) is 0 Å². The maximum atomic E-state index is 5.58. The zero-order chi connectivity index (χ0) is 10.5. The fourth-order valence-corrected chi connectivity index (χ4v) is 3.47. The van der Waals surface area contributed by atoms with Gasteiger partial charge in [0.15, 0.2) is 5.13 Å². The van der Waals surface area contributed by atoms with Gasteiger partial charge in [-0.05, 0) is 19.4 Å². The Morgan fingerprint density at radius 1 is 1.60 bits per heavy atom. The molecule has 1 aliphatic heterocycles. The number of anilines is 1. The molecule has 2 heterocycles. The maximum Gasteiger partial charge on any atom is 0.180 e. The molecule has 84 valence electrons. The normalized spacial score (nSPS) is 21.7. The molecule has 0 aromatic carbocycles. The first kappa shape index (κ1) is 11.2. The summed E-state index contributed by atoms with van der Waals surface area (Å²) in [5.74, 6) is 2.18. The van der Waals surface area contributed by atoms with Crippen LogP contribution in [0.25, 0.3) is 0 Å². The average molecular weight is 243 g/mol. The Labute approximate surface area is 98.9 Å². The average Bonchev–Trinajstić information content (AvgIpc) is 2.66. The van der Waals surface area contributed by atoms with Crippen LogP contribution >= 0.6 is 23.1 Å². The van der Waals surface area contributed by atoms with Gasteiger partial charge in [0.2, 0.25) is 0 Å². The number of rotatable bonds is 4. The third-order valence-corrected chi connectivity index (χ3v) is 4.41. The Balaban J connectivity index is 1.65. The molecule has 1 atom stereocenters. The standard InChI is InChI=1S/C10H17N3S2/c11-10-13-9(7-15-10)6-14-5-8-3-1-2-4-12-8/h7-8,12H,1-6H2,(H2,11,13). The quantitative estimate of drug-likeness (QED) is 0.850. The highest BCUT2D eigenvalue weighted by molar-refractivity contribution is 7.98. The van der Waals surface area contributed by atoms with Crippen LogP contribution in [0, 0.1) is 0 Å². The van der Waals surface area contributed by atoms with Crippen molar-refractivity contribution in [1.82, 2.24) is 10.3 Å². The van der Waals surface area contributed by atoms with Crippen LogP contribution in [0.1, 0.15) is 25.0 Å². The molecule has 1 aliphatic rings. The second-order valence-corrected chi connectivity index (χ2v) is 5.76. The number of hydrogen-bond donors (Lipinski definition) is 2. The van der Waals surface area contributed by atoms with Crippen molar-refractivity contribution < 1.29 is 0 Å². The van der Waals surface area contributed by atoms with Crippen LogP contribution in [0.4, 0.5) is 5.13 Å². The number of nitrogen functional groups attached to an aromatic ring is 1. The zero-order valence-electron chi connectivity index (χ0n) is 8.74. The zero-order valence-corrected chi connectivity index (χ0v) is 10.4. The molecule has 0 saturated carbocycles. The smallest absolute Gasteiger partial charge is 0.180 e. The van der Waals surface area contributed by atoms with Crippen molar-refractivity contribution in [2.24, 2.45) is 0 Å². The molecule has 1 saturated heterocycles. The van der Waals surface area contributed by atoms with Gasteiger partial charge < -0.3 is 11.1 Å². The van der Waals surface area contributed by atoms with Gasteiger partial charge in [-0.1, -0.05) is 6.42 Å². The van der Waals surface area contributed by atoms with Gasteiger partial charge in [0, 0.05) is 22.9 Å². The third-order valence-electron chi connectivity index (χ3n) is 2.55. The molecular weight excluding hydrogens is 226 g/mol. The molecule has 0 radical (unpaired) electrons. The van der Waals surface area contributed by atoms with E-state index in [1.165, 1.54) is 42.9 Å². The van der Waals surface area contributed by atoms with Crippen molar-refractivity contribution >= 4 is 28.2 Å². The Hall–Kier alpha value is -0.260. The molecule has 1 aromatic rings. The molecule has 0 aliphatic carbocycles. The summed E-state index contributed by atoms with van der Waals surface area (Å²) in [5.41, 5.74) is 6.70. The lowest BCUT2D eigenvalue weighted by Gasteiger charge is -2.22. The Bertz CT molecular complexity index is 295. The van der Waals surface area contributed by atoms with Crippen molar-refractivity contribution in [3.63, 3.8) is 0 Å². The molecule has 3 nitrogen and oxygen atoms in total. The van der Waals surface area contributed by atoms with Gasteiger partial charge in [-0.15, -0.1) is 11.3 Å². The first-order valence-electron chi connectivity index (χ1n) is 5.35. The van der Waals surface area contributed by atoms with E-state index in [-0.39, 0.29) is 0 Å². The fourth-order valence-electron chi connectivity index (χ4n) is 1.76. The summed E-state index contributed by atoms with van der Waals surface area (Å²) in [6.45, 7) is 1.19. The number of piperidine rings is 1. The third kappa shape index (κ3) is 3.66. The van der Waals surface area contributed by atoms with E-state index >= 15 is 0 Å².